The molecule has 0 fully saturated rings. The van der Waals surface area contributed by atoms with Crippen molar-refractivity contribution in [3.63, 3.8) is 0 Å². The van der Waals surface area contributed by atoms with Crippen LogP contribution in [0.15, 0.2) is 50.9 Å². The molecule has 14 N–H and O–H groups in total. The number of nitrogens with two attached hydrogens (primary N) is 1. The van der Waals surface area contributed by atoms with Gasteiger partial charge in [0.2, 0.25) is 29.6 Å². The third kappa shape index (κ3) is 17.4. The number of aromatic nitrogens is 6. The maximum Gasteiger partial charge on any atom is 0.327 e. The van der Waals surface area contributed by atoms with Crippen LogP contribution in [0.5, 0.6) is 0 Å². The van der Waals surface area contributed by atoms with Crippen LogP contribution in [0.3, 0.4) is 0 Å². The first-order valence-electron chi connectivity index (χ1n) is 32.1. The molecule has 4 aliphatic rings. The number of carboxylic acids is 2. The van der Waals surface area contributed by atoms with E-state index in [-0.39, 0.29) is 95.6 Å². The quantitative estimate of drug-likeness (QED) is 0.00773. The van der Waals surface area contributed by atoms with Gasteiger partial charge in [0.1, 0.15) is 24.0 Å². The summed E-state index contributed by atoms with van der Waals surface area (Å²) < 4.78 is 37.1. The van der Waals surface area contributed by atoms with Crippen LogP contribution in [0.4, 0.5) is 11.6 Å². The molecular formula is C65H77N15O17S3. The Balaban J connectivity index is 0.805. The van der Waals surface area contributed by atoms with Crippen molar-refractivity contribution >= 4 is 143 Å². The van der Waals surface area contributed by atoms with Crippen molar-refractivity contribution in [1.82, 2.24) is 56.5 Å². The molecule has 8 bridgehead atoms. The number of esters is 1. The number of aliphatic carboxylic acids is 2. The maximum absolute atomic E-state index is 14.6. The van der Waals surface area contributed by atoms with E-state index in [9.17, 15) is 71.4 Å². The lowest BCUT2D eigenvalue weighted by atomic mass is 9.83. The number of carboxylic acid groups (broad SMARTS) is 2. The van der Waals surface area contributed by atoms with Crippen LogP contribution in [-0.4, -0.2) is 185 Å². The van der Waals surface area contributed by atoms with Gasteiger partial charge in [-0.2, -0.15) is 13.4 Å². The zero-order valence-electron chi connectivity index (χ0n) is 55.5. The number of hydrogen-bond acceptors (Lipinski definition) is 23. The Morgan fingerprint density at radius 2 is 1.53 bits per heavy atom. The van der Waals surface area contributed by atoms with Gasteiger partial charge in [-0.3, -0.25) is 62.7 Å². The zero-order chi connectivity index (χ0) is 72.6. The number of carbonyl (C=O) groups is 10. The smallest absolute Gasteiger partial charge is 0.327 e. The number of nitrogens with zero attached hydrogens (tertiary/aromatic N) is 5. The van der Waals surface area contributed by atoms with Crippen molar-refractivity contribution in [3.05, 3.63) is 102 Å². The molecule has 32 nitrogen and oxygen atoms in total. The summed E-state index contributed by atoms with van der Waals surface area (Å²) in [5.41, 5.74) is 11.7. The first-order chi connectivity index (χ1) is 47.4. The predicted octanol–water partition coefficient (Wildman–Crippen LogP) is 1.48. The topological polar surface area (TPSA) is 501 Å². The van der Waals surface area contributed by atoms with E-state index in [1.807, 2.05) is 32.9 Å². The molecule has 2 unspecified atom stereocenters. The average Bonchev–Trinajstić information content (AvgIpc) is 1.56. The predicted molar refractivity (Wildman–Crippen MR) is 371 cm³/mol. The zero-order valence-corrected chi connectivity index (χ0v) is 58.0. The van der Waals surface area contributed by atoms with Gasteiger partial charge in [-0.1, -0.05) is 48.8 Å². The van der Waals surface area contributed by atoms with Gasteiger partial charge in [0.15, 0.2) is 22.7 Å². The molecule has 0 saturated carbocycles. The summed E-state index contributed by atoms with van der Waals surface area (Å²) >= 11 is 0. The second-order valence-corrected chi connectivity index (χ2v) is 28.9. The Morgan fingerprint density at radius 1 is 0.820 bits per heavy atom. The minimum atomic E-state index is -4.53. The molecule has 5 amide bonds. The molecule has 9 rings (SSSR count). The van der Waals surface area contributed by atoms with E-state index in [0.29, 0.717) is 73.4 Å². The lowest BCUT2D eigenvalue weighted by Crippen LogP contribution is -2.54. The highest BCUT2D eigenvalue weighted by Crippen LogP contribution is 2.49. The summed E-state index contributed by atoms with van der Waals surface area (Å²) in [5.74, 6) is -11.8. The van der Waals surface area contributed by atoms with Crippen LogP contribution >= 0.6 is 21.6 Å². The van der Waals surface area contributed by atoms with E-state index in [1.165, 1.54) is 44.5 Å². The lowest BCUT2D eigenvalue weighted by Gasteiger charge is -2.22. The number of benzene rings is 1. The number of aliphatic imine (C=N–C) groups is 2. The minimum Gasteiger partial charge on any atom is -0.480 e. The fourth-order valence-electron chi connectivity index (χ4n) is 12.8. The molecule has 0 saturated heterocycles. The number of nitrogen functional groups attached to an aromatic ring is 1. The number of amides is 5. The number of Topliss-reactive ketones (excluding diaryl/α,β-unsaturated/α-hetero) is 2. The monoisotopic (exact) mass is 1440 g/mol. The van der Waals surface area contributed by atoms with Crippen LogP contribution in [0, 0.1) is 43.4 Å². The summed E-state index contributed by atoms with van der Waals surface area (Å²) in [6.45, 7) is 11.0. The minimum absolute atomic E-state index is 0.0251. The number of anilines is 2. The van der Waals surface area contributed by atoms with Gasteiger partial charge in [0.05, 0.1) is 60.5 Å². The highest BCUT2D eigenvalue weighted by molar-refractivity contribution is 8.76. The standard InChI is InChI=1S/C65H77N15O17S3/c1-8-36-28(2)39-23-44-50(32(6)81)30(4)41(73-44)21-40-29(3)37(54(75-40)52-53(64(93)97-7)57(85)51-31(5)42(76-55(51)52)22-43(36)72-39)13-15-47(82)67-17-19-98-99-27-46(63(91)92)78-60(87)45(24-49(84)68-18-20-100(94,95)96)74-48(83)16-14-38(62(89)90)77-59(86)33-9-11-34(12-10-33)69-25-35-26-70-58-56(71-35)61(88)80-65(66)79-58/h9-12,21,23,26,28-29,36-38,43,45-46,53,69,73,76H,8,13-20,22,24-25,27H2,1-7H3,(H,67,82)(H,68,84)(H,74,83)(H,77,86)(H,78,87)(H,89,90)(H,91,92)(H,94,95,96)(H3,66,70,79,80,88)/b41-21?,44-23?,54-52-/t28-,29+,36-,37+,38+,43?,45+,46+,53?/m1/s1. The van der Waals surface area contributed by atoms with E-state index in [0.717, 1.165) is 39.4 Å². The van der Waals surface area contributed by atoms with Crippen LogP contribution in [0.1, 0.15) is 126 Å². The molecule has 35 heteroatoms. The number of methoxy groups -OCH3 is 1. The number of H-pyrrole nitrogens is 3. The highest BCUT2D eigenvalue weighted by Gasteiger charge is 2.49. The SMILES string of the molecule is CC[C@H]1C2Cc3[nH]c4c(c3C)C(=O)C(C(=O)OC)/C4=C3/N=C(C=c4[nH]c(c(C(C)=O)c4C)=CC(=N2)[C@@H]1C)[C@@H](C)[C@@H]3CCC(=O)NCCSSC[C@H](NC(=O)[C@H](CC(=O)NCCS(=O)(=O)O)NC(=O)CC[C@H](NC(=O)c1ccc(NCc2cnc3nc(N)[nH]c(=O)c3n2)cc1)C(=O)O)C(=O)O. The third-order valence-electron chi connectivity index (χ3n) is 18.1. The molecule has 7 heterocycles. The van der Waals surface area contributed by atoms with E-state index in [4.69, 9.17) is 25.0 Å². The Hall–Kier alpha value is -9.87. The molecule has 0 spiro atoms. The van der Waals surface area contributed by atoms with Crippen LogP contribution < -0.4 is 53.9 Å². The molecule has 532 valence electrons. The van der Waals surface area contributed by atoms with Gasteiger partial charge in [0, 0.05) is 112 Å². The number of rotatable bonds is 30. The Morgan fingerprint density at radius 3 is 2.21 bits per heavy atom. The molecular weight excluding hydrogens is 1360 g/mol. The number of aromatic amines is 3. The normalized spacial score (nSPS) is 20.0. The Bertz CT molecular complexity index is 4540. The van der Waals surface area contributed by atoms with Gasteiger partial charge in [-0.15, -0.1) is 0 Å². The molecule has 5 aromatic rings. The molecule has 4 aromatic heterocycles. The summed E-state index contributed by atoms with van der Waals surface area (Å²) in [7, 11) is -1.16. The number of nitrogens with one attached hydrogen (secondary N) is 9. The van der Waals surface area contributed by atoms with Gasteiger partial charge in [-0.05, 0) is 87.1 Å². The molecule has 3 aliphatic heterocycles. The largest absolute Gasteiger partial charge is 0.480 e. The number of fused-ring (bicyclic) bond motifs is 6. The van der Waals surface area contributed by atoms with E-state index in [2.05, 4.69) is 75.7 Å². The number of carbonyl (C=O) groups excluding carboxylic acids is 8. The van der Waals surface area contributed by atoms with E-state index < -0.39 is 125 Å². The van der Waals surface area contributed by atoms with Crippen molar-refractivity contribution in [1.29, 1.82) is 0 Å². The highest BCUT2D eigenvalue weighted by atomic mass is 33.1. The van der Waals surface area contributed by atoms with Crippen LogP contribution in [0.2, 0.25) is 0 Å². The molecule has 9 atom stereocenters. The molecule has 1 aromatic carbocycles. The lowest BCUT2D eigenvalue weighted by molar-refractivity contribution is -0.142. The second-order valence-electron chi connectivity index (χ2n) is 24.7. The molecule has 1 aliphatic carbocycles. The van der Waals surface area contributed by atoms with Crippen molar-refractivity contribution in [2.75, 3.05) is 48.5 Å². The van der Waals surface area contributed by atoms with Gasteiger partial charge in [0.25, 0.3) is 21.6 Å². The van der Waals surface area contributed by atoms with Crippen molar-refractivity contribution in [2.45, 2.75) is 117 Å². The summed E-state index contributed by atoms with van der Waals surface area (Å²) in [4.78, 5) is 178. The maximum atomic E-state index is 14.6. The molecule has 0 radical (unpaired) electrons. The molecule has 100 heavy (non-hydrogen) atoms. The summed E-state index contributed by atoms with van der Waals surface area (Å²) in [6, 6.07) is 0.534. The Kier molecular flexibility index (Phi) is 23.8. The number of hydrogen-bond donors (Lipinski definition) is 13. The van der Waals surface area contributed by atoms with E-state index in [1.54, 1.807) is 0 Å². The number of allylic oxidation sites excluding steroid dienone is 1. The van der Waals surface area contributed by atoms with Crippen LogP contribution in [0.25, 0.3) is 28.9 Å². The van der Waals surface area contributed by atoms with Crippen molar-refractivity contribution < 1.29 is 75.9 Å². The summed E-state index contributed by atoms with van der Waals surface area (Å²) in [6.07, 6.45) is 4.65. The average molecular weight is 1440 g/mol. The second kappa shape index (κ2) is 32.0. The fraction of sp³-hybridized carbons (Fsp3) is 0.446. The first kappa shape index (κ1) is 74.4. The third-order valence-corrected chi connectivity index (χ3v) is 21.2. The number of ketones is 2. The Labute approximate surface area is 579 Å². The van der Waals surface area contributed by atoms with Crippen LogP contribution in [-0.2, 0) is 61.4 Å². The van der Waals surface area contributed by atoms with Crippen molar-refractivity contribution in [3.8, 4) is 0 Å². The summed E-state index contributed by atoms with van der Waals surface area (Å²) in [5, 5.41) is 36.5. The first-order valence-corrected chi connectivity index (χ1v) is 36.2. The van der Waals surface area contributed by atoms with Crippen molar-refractivity contribution in [2.24, 2.45) is 39.6 Å². The number of ether oxygens (including phenoxy) is 1. The van der Waals surface area contributed by atoms with Gasteiger partial charge in [-0.25, -0.2) is 19.6 Å². The van der Waals surface area contributed by atoms with E-state index >= 15 is 0 Å². The fourth-order valence-corrected chi connectivity index (χ4v) is 15.2. The van der Waals surface area contributed by atoms with Gasteiger partial charge < -0.3 is 62.6 Å². The van der Waals surface area contributed by atoms with Gasteiger partial charge >= 0.3 is 17.9 Å².